The molecular formula is C13H20N4OS. The average molecular weight is 280 g/mol. The van der Waals surface area contributed by atoms with Crippen LogP contribution in [-0.4, -0.2) is 52.2 Å². The molecule has 0 aromatic carbocycles. The summed E-state index contributed by atoms with van der Waals surface area (Å²) in [5.41, 5.74) is 1.89. The van der Waals surface area contributed by atoms with Gasteiger partial charge in [-0.25, -0.2) is 9.97 Å². The maximum atomic E-state index is 12.2. The van der Waals surface area contributed by atoms with Crippen LogP contribution in [0.1, 0.15) is 18.3 Å². The van der Waals surface area contributed by atoms with E-state index in [1.165, 1.54) is 11.8 Å². The lowest BCUT2D eigenvalue weighted by Crippen LogP contribution is -2.52. The zero-order valence-corrected chi connectivity index (χ0v) is 12.5. The molecule has 1 N–H and O–H groups in total. The van der Waals surface area contributed by atoms with E-state index in [0.717, 1.165) is 31.0 Å². The molecule has 0 aliphatic carbocycles. The van der Waals surface area contributed by atoms with Crippen molar-refractivity contribution in [1.29, 1.82) is 0 Å². The number of hydrogen-bond donors (Lipinski definition) is 1. The predicted octanol–water partition coefficient (Wildman–Crippen LogP) is 1.01. The van der Waals surface area contributed by atoms with Gasteiger partial charge in [-0.05, 0) is 26.8 Å². The van der Waals surface area contributed by atoms with Gasteiger partial charge >= 0.3 is 0 Å². The van der Waals surface area contributed by atoms with Crippen molar-refractivity contribution in [3.63, 3.8) is 0 Å². The molecule has 1 saturated heterocycles. The molecule has 1 fully saturated rings. The Morgan fingerprint density at radius 1 is 1.47 bits per heavy atom. The first kappa shape index (κ1) is 14.3. The lowest BCUT2D eigenvalue weighted by Gasteiger charge is -2.33. The molecule has 0 radical (unpaired) electrons. The van der Waals surface area contributed by atoms with E-state index in [-0.39, 0.29) is 11.9 Å². The van der Waals surface area contributed by atoms with Gasteiger partial charge in [0.05, 0.1) is 5.75 Å². The molecule has 1 aliphatic rings. The number of carbonyl (C=O) groups is 1. The number of nitrogens with zero attached hydrogens (tertiary/aromatic N) is 3. The molecule has 2 rings (SSSR count). The van der Waals surface area contributed by atoms with Crippen LogP contribution in [0, 0.1) is 13.8 Å². The third-order valence-electron chi connectivity index (χ3n) is 3.11. The molecule has 1 atom stereocenters. The SMILES string of the molecule is Cc1cc(C)nc(SCC(=O)N2CCNC[C@@H]2C)n1. The monoisotopic (exact) mass is 280 g/mol. The minimum absolute atomic E-state index is 0.168. The molecule has 0 bridgehead atoms. The Bertz CT molecular complexity index is 446. The fraction of sp³-hybridized carbons (Fsp3) is 0.615. The second-order valence-corrected chi connectivity index (χ2v) is 5.80. The summed E-state index contributed by atoms with van der Waals surface area (Å²) >= 11 is 1.42. The number of aromatic nitrogens is 2. The van der Waals surface area contributed by atoms with Gasteiger partial charge in [0.2, 0.25) is 5.91 Å². The number of thioether (sulfide) groups is 1. The maximum absolute atomic E-state index is 12.2. The highest BCUT2D eigenvalue weighted by molar-refractivity contribution is 7.99. The van der Waals surface area contributed by atoms with Gasteiger partial charge in [0.25, 0.3) is 0 Å². The lowest BCUT2D eigenvalue weighted by atomic mass is 10.2. The zero-order chi connectivity index (χ0) is 13.8. The molecule has 6 heteroatoms. The number of nitrogens with one attached hydrogen (secondary N) is 1. The van der Waals surface area contributed by atoms with Gasteiger partial charge in [-0.15, -0.1) is 0 Å². The predicted molar refractivity (Wildman–Crippen MR) is 76.3 cm³/mol. The van der Waals surface area contributed by atoms with Gasteiger partial charge in [0, 0.05) is 37.1 Å². The van der Waals surface area contributed by atoms with E-state index in [0.29, 0.717) is 10.9 Å². The van der Waals surface area contributed by atoms with Crippen LogP contribution in [0.2, 0.25) is 0 Å². The molecule has 104 valence electrons. The van der Waals surface area contributed by atoms with E-state index in [2.05, 4.69) is 22.2 Å². The van der Waals surface area contributed by atoms with E-state index < -0.39 is 0 Å². The van der Waals surface area contributed by atoms with Crippen LogP contribution in [0.25, 0.3) is 0 Å². The van der Waals surface area contributed by atoms with Crippen LogP contribution >= 0.6 is 11.8 Å². The van der Waals surface area contributed by atoms with Crippen molar-refractivity contribution in [3.05, 3.63) is 17.5 Å². The summed E-state index contributed by atoms with van der Waals surface area (Å²) in [5, 5.41) is 3.97. The van der Waals surface area contributed by atoms with E-state index in [1.807, 2.05) is 24.8 Å². The molecular weight excluding hydrogens is 260 g/mol. The van der Waals surface area contributed by atoms with Crippen molar-refractivity contribution in [1.82, 2.24) is 20.2 Å². The van der Waals surface area contributed by atoms with E-state index in [4.69, 9.17) is 0 Å². The molecule has 2 heterocycles. The van der Waals surface area contributed by atoms with Crippen molar-refractivity contribution in [2.75, 3.05) is 25.4 Å². The minimum atomic E-state index is 0.168. The summed E-state index contributed by atoms with van der Waals surface area (Å²) in [5.74, 6) is 0.578. The van der Waals surface area contributed by atoms with Crippen molar-refractivity contribution in [3.8, 4) is 0 Å². The van der Waals surface area contributed by atoms with E-state index >= 15 is 0 Å². The van der Waals surface area contributed by atoms with Crippen molar-refractivity contribution >= 4 is 17.7 Å². The Morgan fingerprint density at radius 2 is 2.16 bits per heavy atom. The summed E-state index contributed by atoms with van der Waals surface area (Å²) in [6, 6.07) is 2.20. The van der Waals surface area contributed by atoms with Gasteiger partial charge in [0.15, 0.2) is 5.16 Å². The number of hydrogen-bond acceptors (Lipinski definition) is 5. The first-order valence-corrected chi connectivity index (χ1v) is 7.50. The van der Waals surface area contributed by atoms with Gasteiger partial charge < -0.3 is 10.2 Å². The van der Waals surface area contributed by atoms with Gasteiger partial charge in [-0.1, -0.05) is 11.8 Å². The number of amides is 1. The zero-order valence-electron chi connectivity index (χ0n) is 11.6. The Morgan fingerprint density at radius 3 is 2.79 bits per heavy atom. The van der Waals surface area contributed by atoms with E-state index in [9.17, 15) is 4.79 Å². The Balaban J connectivity index is 1.92. The van der Waals surface area contributed by atoms with Gasteiger partial charge in [-0.2, -0.15) is 0 Å². The van der Waals surface area contributed by atoms with Crippen molar-refractivity contribution in [2.45, 2.75) is 32.0 Å². The number of rotatable bonds is 3. The average Bonchev–Trinajstić information content (AvgIpc) is 2.35. The lowest BCUT2D eigenvalue weighted by molar-refractivity contribution is -0.131. The molecule has 5 nitrogen and oxygen atoms in total. The Kier molecular flexibility index (Phi) is 4.76. The fourth-order valence-corrected chi connectivity index (χ4v) is 3.01. The standard InChI is InChI=1S/C13H20N4OS/c1-9-6-10(2)16-13(15-9)19-8-12(18)17-5-4-14-7-11(17)3/h6,11,14H,4-5,7-8H2,1-3H3/t11-/m0/s1. The topological polar surface area (TPSA) is 58.1 Å². The smallest absolute Gasteiger partial charge is 0.233 e. The summed E-state index contributed by atoms with van der Waals surface area (Å²) in [7, 11) is 0. The molecule has 0 unspecified atom stereocenters. The van der Waals surface area contributed by atoms with Crippen LogP contribution in [0.15, 0.2) is 11.2 Å². The number of aryl methyl sites for hydroxylation is 2. The van der Waals surface area contributed by atoms with Crippen molar-refractivity contribution in [2.24, 2.45) is 0 Å². The highest BCUT2D eigenvalue weighted by atomic mass is 32.2. The number of piperazine rings is 1. The highest BCUT2D eigenvalue weighted by Gasteiger charge is 2.22. The second kappa shape index (κ2) is 6.34. The maximum Gasteiger partial charge on any atom is 0.233 e. The highest BCUT2D eigenvalue weighted by Crippen LogP contribution is 2.16. The molecule has 0 saturated carbocycles. The third-order valence-corrected chi connectivity index (χ3v) is 3.94. The minimum Gasteiger partial charge on any atom is -0.337 e. The normalized spacial score (nSPS) is 19.5. The quantitative estimate of drug-likeness (QED) is 0.661. The summed E-state index contributed by atoms with van der Waals surface area (Å²) in [6.07, 6.45) is 0. The van der Waals surface area contributed by atoms with Gasteiger partial charge in [0.1, 0.15) is 0 Å². The molecule has 1 aliphatic heterocycles. The summed E-state index contributed by atoms with van der Waals surface area (Å²) in [4.78, 5) is 22.8. The van der Waals surface area contributed by atoms with Crippen molar-refractivity contribution < 1.29 is 4.79 Å². The second-order valence-electron chi connectivity index (χ2n) is 4.86. The van der Waals surface area contributed by atoms with Crippen LogP contribution < -0.4 is 5.32 Å². The van der Waals surface area contributed by atoms with Crippen LogP contribution in [-0.2, 0) is 4.79 Å². The van der Waals surface area contributed by atoms with Gasteiger partial charge in [-0.3, -0.25) is 4.79 Å². The third kappa shape index (κ3) is 3.91. The molecule has 1 aromatic rings. The largest absolute Gasteiger partial charge is 0.337 e. The summed E-state index contributed by atoms with van der Waals surface area (Å²) in [6.45, 7) is 8.49. The first-order valence-electron chi connectivity index (χ1n) is 6.51. The van der Waals surface area contributed by atoms with Crippen LogP contribution in [0.4, 0.5) is 0 Å². The molecule has 1 amide bonds. The summed E-state index contributed by atoms with van der Waals surface area (Å²) < 4.78 is 0. The van der Waals surface area contributed by atoms with Crippen LogP contribution in [0.5, 0.6) is 0 Å². The number of carbonyl (C=O) groups excluding carboxylic acids is 1. The molecule has 1 aromatic heterocycles. The molecule has 0 spiro atoms. The molecule has 19 heavy (non-hydrogen) atoms. The Labute approximate surface area is 118 Å². The first-order chi connectivity index (χ1) is 9.06. The van der Waals surface area contributed by atoms with Crippen LogP contribution in [0.3, 0.4) is 0 Å². The Hall–Kier alpha value is -1.14. The fourth-order valence-electron chi connectivity index (χ4n) is 2.18. The van der Waals surface area contributed by atoms with E-state index in [1.54, 1.807) is 0 Å².